The van der Waals surface area contributed by atoms with Crippen LogP contribution in [0, 0.1) is 11.3 Å². The number of hydrogen-bond donors (Lipinski definition) is 1. The van der Waals surface area contributed by atoms with Crippen molar-refractivity contribution in [3.63, 3.8) is 0 Å². The van der Waals surface area contributed by atoms with Gasteiger partial charge in [-0.1, -0.05) is 12.1 Å². The molecule has 3 heteroatoms. The van der Waals surface area contributed by atoms with Crippen LogP contribution in [0.3, 0.4) is 0 Å². The van der Waals surface area contributed by atoms with E-state index in [0.717, 1.165) is 12.1 Å². The van der Waals surface area contributed by atoms with Crippen molar-refractivity contribution in [3.05, 3.63) is 35.4 Å². The molecule has 0 aliphatic heterocycles. The molecule has 1 aromatic carbocycles. The number of likely N-dealkylation sites (N-methyl/N-ethyl adjacent to an activating group) is 1. The highest BCUT2D eigenvalue weighted by Gasteiger charge is 2.01. The van der Waals surface area contributed by atoms with Gasteiger partial charge in [0, 0.05) is 6.54 Å². The van der Waals surface area contributed by atoms with Crippen LogP contribution in [0.25, 0.3) is 0 Å². The van der Waals surface area contributed by atoms with Crippen LogP contribution in [0.2, 0.25) is 0 Å². The number of nitrogens with zero attached hydrogens (tertiary/aromatic N) is 1. The summed E-state index contributed by atoms with van der Waals surface area (Å²) in [6.07, 6.45) is 0.181. The number of benzene rings is 1. The Morgan fingerprint density at radius 2 is 2.33 bits per heavy atom. The molecule has 0 aromatic heterocycles. The van der Waals surface area contributed by atoms with E-state index in [0.29, 0.717) is 12.2 Å². The Hall–Kier alpha value is -1.37. The summed E-state index contributed by atoms with van der Waals surface area (Å²) in [4.78, 5) is 0. The van der Waals surface area contributed by atoms with Crippen LogP contribution in [-0.2, 0) is 11.3 Å². The third-order valence-electron chi connectivity index (χ3n) is 2.08. The molecule has 1 aromatic rings. The Kier molecular flexibility index (Phi) is 4.82. The molecule has 0 saturated carbocycles. The third-order valence-corrected chi connectivity index (χ3v) is 2.08. The van der Waals surface area contributed by atoms with Crippen molar-refractivity contribution < 1.29 is 4.74 Å². The van der Waals surface area contributed by atoms with Crippen LogP contribution >= 0.6 is 0 Å². The average Bonchev–Trinajstić information content (AvgIpc) is 2.27. The Balaban J connectivity index is 2.47. The summed E-state index contributed by atoms with van der Waals surface area (Å²) in [6.45, 7) is 3.40. The number of rotatable bonds is 5. The maximum atomic E-state index is 8.72. The van der Waals surface area contributed by atoms with E-state index in [9.17, 15) is 0 Å². The molecule has 1 N–H and O–H groups in total. The van der Waals surface area contributed by atoms with Crippen LogP contribution in [0.4, 0.5) is 0 Å². The molecule has 3 nitrogen and oxygen atoms in total. The summed E-state index contributed by atoms with van der Waals surface area (Å²) in [5.41, 5.74) is 1.72. The number of nitriles is 1. The number of ether oxygens (including phenoxy) is 1. The predicted molar refractivity (Wildman–Crippen MR) is 59.3 cm³/mol. The van der Waals surface area contributed by atoms with E-state index in [-0.39, 0.29) is 6.10 Å². The van der Waals surface area contributed by atoms with E-state index in [1.54, 1.807) is 6.07 Å². The molecule has 0 heterocycles. The summed E-state index contributed by atoms with van der Waals surface area (Å²) >= 11 is 0. The summed E-state index contributed by atoms with van der Waals surface area (Å²) in [5, 5.41) is 11.8. The first-order valence-electron chi connectivity index (χ1n) is 5.01. The van der Waals surface area contributed by atoms with E-state index >= 15 is 0 Å². The molecule has 1 rings (SSSR count). The fraction of sp³-hybridized carbons (Fsp3) is 0.417. The maximum Gasteiger partial charge on any atom is 0.0991 e. The van der Waals surface area contributed by atoms with E-state index in [1.165, 1.54) is 0 Å². The molecule has 80 valence electrons. The van der Waals surface area contributed by atoms with Crippen LogP contribution in [0.5, 0.6) is 0 Å². The van der Waals surface area contributed by atoms with Crippen molar-refractivity contribution in [2.45, 2.75) is 19.6 Å². The van der Waals surface area contributed by atoms with Crippen molar-refractivity contribution in [2.75, 3.05) is 13.6 Å². The van der Waals surface area contributed by atoms with Gasteiger partial charge in [-0.15, -0.1) is 0 Å². The normalized spacial score (nSPS) is 12.1. The third kappa shape index (κ3) is 4.11. The second kappa shape index (κ2) is 6.18. The number of nitrogens with one attached hydrogen (secondary N) is 1. The second-order valence-electron chi connectivity index (χ2n) is 3.49. The first-order chi connectivity index (χ1) is 7.26. The van der Waals surface area contributed by atoms with Crippen LogP contribution in [0.15, 0.2) is 24.3 Å². The lowest BCUT2D eigenvalue weighted by Gasteiger charge is -2.12. The van der Waals surface area contributed by atoms with Crippen LogP contribution < -0.4 is 5.32 Å². The van der Waals surface area contributed by atoms with Gasteiger partial charge in [-0.2, -0.15) is 5.26 Å². The fourth-order valence-electron chi connectivity index (χ4n) is 1.32. The van der Waals surface area contributed by atoms with Crippen molar-refractivity contribution in [1.82, 2.24) is 5.32 Å². The van der Waals surface area contributed by atoms with E-state index in [2.05, 4.69) is 11.4 Å². The van der Waals surface area contributed by atoms with Gasteiger partial charge in [0.15, 0.2) is 0 Å². The van der Waals surface area contributed by atoms with Gasteiger partial charge in [-0.3, -0.25) is 0 Å². The fourth-order valence-corrected chi connectivity index (χ4v) is 1.32. The minimum absolute atomic E-state index is 0.181. The van der Waals surface area contributed by atoms with Gasteiger partial charge >= 0.3 is 0 Å². The zero-order valence-electron chi connectivity index (χ0n) is 9.16. The van der Waals surface area contributed by atoms with Crippen LogP contribution in [-0.4, -0.2) is 19.7 Å². The smallest absolute Gasteiger partial charge is 0.0991 e. The second-order valence-corrected chi connectivity index (χ2v) is 3.49. The molecule has 1 unspecified atom stereocenters. The van der Waals surface area contributed by atoms with Crippen molar-refractivity contribution in [2.24, 2.45) is 0 Å². The molecule has 1 atom stereocenters. The predicted octanol–water partition coefficient (Wildman–Crippen LogP) is 1.68. The van der Waals surface area contributed by atoms with Gasteiger partial charge in [0.1, 0.15) is 0 Å². The summed E-state index contributed by atoms with van der Waals surface area (Å²) in [7, 11) is 1.90. The van der Waals surface area contributed by atoms with E-state index in [1.807, 2.05) is 32.2 Å². The minimum atomic E-state index is 0.181. The van der Waals surface area contributed by atoms with Gasteiger partial charge in [-0.25, -0.2) is 0 Å². The monoisotopic (exact) mass is 204 g/mol. The maximum absolute atomic E-state index is 8.72. The highest BCUT2D eigenvalue weighted by molar-refractivity contribution is 5.32. The minimum Gasteiger partial charge on any atom is -0.373 e. The van der Waals surface area contributed by atoms with Gasteiger partial charge in [-0.05, 0) is 31.7 Å². The molecule has 0 aliphatic rings. The molecule has 0 bridgehead atoms. The Labute approximate surface area is 90.7 Å². The first-order valence-corrected chi connectivity index (χ1v) is 5.01. The van der Waals surface area contributed by atoms with E-state index < -0.39 is 0 Å². The SMILES string of the molecule is CNCC(C)OCc1cccc(C#N)c1. The largest absolute Gasteiger partial charge is 0.373 e. The van der Waals surface area contributed by atoms with Gasteiger partial charge < -0.3 is 10.1 Å². The van der Waals surface area contributed by atoms with Gasteiger partial charge in [0.05, 0.1) is 24.3 Å². The van der Waals surface area contributed by atoms with Gasteiger partial charge in [0.25, 0.3) is 0 Å². The molecule has 15 heavy (non-hydrogen) atoms. The van der Waals surface area contributed by atoms with Crippen LogP contribution in [0.1, 0.15) is 18.1 Å². The van der Waals surface area contributed by atoms with Crippen molar-refractivity contribution in [1.29, 1.82) is 5.26 Å². The Morgan fingerprint density at radius 3 is 3.00 bits per heavy atom. The van der Waals surface area contributed by atoms with Crippen molar-refractivity contribution in [3.8, 4) is 6.07 Å². The highest BCUT2D eigenvalue weighted by Crippen LogP contribution is 2.06. The molecule has 0 fully saturated rings. The average molecular weight is 204 g/mol. The Bertz CT molecular complexity index is 344. The summed E-state index contributed by atoms with van der Waals surface area (Å²) in [6, 6.07) is 9.60. The molecular formula is C12H16N2O. The molecule has 0 radical (unpaired) electrons. The van der Waals surface area contributed by atoms with Gasteiger partial charge in [0.2, 0.25) is 0 Å². The quantitative estimate of drug-likeness (QED) is 0.793. The van der Waals surface area contributed by atoms with Crippen molar-refractivity contribution >= 4 is 0 Å². The number of hydrogen-bond acceptors (Lipinski definition) is 3. The summed E-state index contributed by atoms with van der Waals surface area (Å²) in [5.74, 6) is 0. The van der Waals surface area contributed by atoms with E-state index in [4.69, 9.17) is 10.00 Å². The molecule has 0 aliphatic carbocycles. The lowest BCUT2D eigenvalue weighted by atomic mass is 10.1. The molecule has 0 amide bonds. The summed E-state index contributed by atoms with van der Waals surface area (Å²) < 4.78 is 5.60. The highest BCUT2D eigenvalue weighted by atomic mass is 16.5. The molecule has 0 saturated heterocycles. The Morgan fingerprint density at radius 1 is 1.53 bits per heavy atom. The standard InChI is InChI=1S/C12H16N2O/c1-10(8-14-2)15-9-12-5-3-4-11(6-12)7-13/h3-6,10,14H,8-9H2,1-2H3. The molecule has 0 spiro atoms. The topological polar surface area (TPSA) is 45.0 Å². The first kappa shape index (κ1) is 11.7. The zero-order chi connectivity index (χ0) is 11.1. The molecular weight excluding hydrogens is 188 g/mol. The lowest BCUT2D eigenvalue weighted by molar-refractivity contribution is 0.0545. The zero-order valence-corrected chi connectivity index (χ0v) is 9.16. The lowest BCUT2D eigenvalue weighted by Crippen LogP contribution is -2.23.